The van der Waals surface area contributed by atoms with E-state index in [-0.39, 0.29) is 25.5 Å². The van der Waals surface area contributed by atoms with E-state index in [0.29, 0.717) is 36.4 Å². The van der Waals surface area contributed by atoms with E-state index in [1.54, 1.807) is 24.3 Å². The molecule has 0 unspecified atom stereocenters. The van der Waals surface area contributed by atoms with Crippen LogP contribution in [0.15, 0.2) is 47.6 Å². The number of nitrogens with one attached hydrogen (secondary N) is 1. The molecule has 0 spiro atoms. The molecular weight excluding hydrogens is 413 g/mol. The van der Waals surface area contributed by atoms with Gasteiger partial charge in [-0.2, -0.15) is 13.2 Å². The van der Waals surface area contributed by atoms with E-state index in [1.807, 2.05) is 0 Å². The van der Waals surface area contributed by atoms with Crippen molar-refractivity contribution in [3.63, 3.8) is 0 Å². The Labute approximate surface area is 177 Å². The van der Waals surface area contributed by atoms with Crippen LogP contribution in [0.1, 0.15) is 23.1 Å². The average molecular weight is 436 g/mol. The predicted octanol–water partition coefficient (Wildman–Crippen LogP) is 4.69. The van der Waals surface area contributed by atoms with Crippen molar-refractivity contribution in [3.05, 3.63) is 69.6 Å². The molecule has 10 heteroatoms. The maximum absolute atomic E-state index is 12.7. The van der Waals surface area contributed by atoms with Crippen LogP contribution in [0.2, 0.25) is 0 Å². The van der Waals surface area contributed by atoms with Crippen molar-refractivity contribution in [2.45, 2.75) is 25.4 Å². The third kappa shape index (κ3) is 8.10. The van der Waals surface area contributed by atoms with Gasteiger partial charge in [0.2, 0.25) is 5.91 Å². The standard InChI is InChI=1S/C21H23F3N4O3/c1-30-19-13-16(7-8-18(19)31-11-10-27-28-25)14-20(29)26-9-3-5-15-4-2-6-17(12-15)21(22,23)24/h2,4,6-8,12-13H,3,5,9-11,14H2,1H3,(H,26,29). The van der Waals surface area contributed by atoms with Gasteiger partial charge < -0.3 is 14.8 Å². The molecule has 0 fully saturated rings. The van der Waals surface area contributed by atoms with Gasteiger partial charge in [0.25, 0.3) is 0 Å². The summed E-state index contributed by atoms with van der Waals surface area (Å²) in [6.07, 6.45) is -3.29. The number of aryl methyl sites for hydroxylation is 1. The molecule has 2 rings (SSSR count). The zero-order chi connectivity index (χ0) is 22.7. The van der Waals surface area contributed by atoms with Crippen LogP contribution >= 0.6 is 0 Å². The fraction of sp³-hybridized carbons (Fsp3) is 0.381. The fourth-order valence-corrected chi connectivity index (χ4v) is 2.85. The highest BCUT2D eigenvalue weighted by atomic mass is 19.4. The highest BCUT2D eigenvalue weighted by Gasteiger charge is 2.30. The number of hydrogen-bond acceptors (Lipinski definition) is 4. The Balaban J connectivity index is 1.80. The number of benzene rings is 2. The molecule has 2 aromatic rings. The Kier molecular flexibility index (Phi) is 9.02. The van der Waals surface area contributed by atoms with Gasteiger partial charge in [-0.05, 0) is 47.7 Å². The first kappa shape index (κ1) is 23.9. The molecule has 1 amide bonds. The zero-order valence-corrected chi connectivity index (χ0v) is 17.0. The maximum Gasteiger partial charge on any atom is 0.416 e. The summed E-state index contributed by atoms with van der Waals surface area (Å²) in [6.45, 7) is 0.739. The van der Waals surface area contributed by atoms with Crippen molar-refractivity contribution in [3.8, 4) is 11.5 Å². The molecule has 0 bridgehead atoms. The third-order valence-electron chi connectivity index (χ3n) is 4.32. The number of rotatable bonds is 11. The molecule has 31 heavy (non-hydrogen) atoms. The normalized spacial score (nSPS) is 10.8. The van der Waals surface area contributed by atoms with E-state index in [2.05, 4.69) is 15.3 Å². The second-order valence-corrected chi connectivity index (χ2v) is 6.62. The van der Waals surface area contributed by atoms with Crippen LogP contribution < -0.4 is 14.8 Å². The number of hydrogen-bond donors (Lipinski definition) is 1. The lowest BCUT2D eigenvalue weighted by molar-refractivity contribution is -0.137. The number of carbonyl (C=O) groups is 1. The van der Waals surface area contributed by atoms with E-state index in [9.17, 15) is 18.0 Å². The lowest BCUT2D eigenvalue weighted by Crippen LogP contribution is -2.26. The number of halogens is 3. The Morgan fingerprint density at radius 1 is 1.16 bits per heavy atom. The summed E-state index contributed by atoms with van der Waals surface area (Å²) in [5.41, 5.74) is 8.88. The number of azide groups is 1. The smallest absolute Gasteiger partial charge is 0.416 e. The SMILES string of the molecule is COc1cc(CC(=O)NCCCc2cccc(C(F)(F)F)c2)ccc1OCCN=[N+]=[N-]. The van der Waals surface area contributed by atoms with Crippen molar-refractivity contribution >= 4 is 5.91 Å². The molecule has 0 aliphatic heterocycles. The number of ether oxygens (including phenoxy) is 2. The minimum atomic E-state index is -4.36. The molecule has 1 N–H and O–H groups in total. The van der Waals surface area contributed by atoms with Crippen molar-refractivity contribution < 1.29 is 27.4 Å². The fourth-order valence-electron chi connectivity index (χ4n) is 2.85. The highest BCUT2D eigenvalue weighted by molar-refractivity contribution is 5.78. The van der Waals surface area contributed by atoms with Crippen LogP contribution in [-0.4, -0.2) is 32.7 Å². The molecule has 0 aliphatic carbocycles. The van der Waals surface area contributed by atoms with Gasteiger partial charge in [0.05, 0.1) is 32.2 Å². The minimum absolute atomic E-state index is 0.124. The highest BCUT2D eigenvalue weighted by Crippen LogP contribution is 2.30. The first-order chi connectivity index (χ1) is 14.8. The molecular formula is C21H23F3N4O3. The number of methoxy groups -OCH3 is 1. The summed E-state index contributed by atoms with van der Waals surface area (Å²) in [7, 11) is 1.48. The first-order valence-corrected chi connectivity index (χ1v) is 9.57. The predicted molar refractivity (Wildman–Crippen MR) is 109 cm³/mol. The van der Waals surface area contributed by atoms with Gasteiger partial charge >= 0.3 is 6.18 Å². The Morgan fingerprint density at radius 2 is 1.97 bits per heavy atom. The molecule has 7 nitrogen and oxygen atoms in total. The van der Waals surface area contributed by atoms with Crippen molar-refractivity contribution in [1.82, 2.24) is 5.32 Å². The van der Waals surface area contributed by atoms with Crippen LogP contribution in [0.4, 0.5) is 13.2 Å². The molecule has 0 aromatic heterocycles. The van der Waals surface area contributed by atoms with Gasteiger partial charge in [-0.3, -0.25) is 4.79 Å². The van der Waals surface area contributed by atoms with Gasteiger partial charge in [0.15, 0.2) is 11.5 Å². The number of alkyl halides is 3. The Morgan fingerprint density at radius 3 is 2.68 bits per heavy atom. The summed E-state index contributed by atoms with van der Waals surface area (Å²) in [5, 5.41) is 6.15. The topological polar surface area (TPSA) is 96.3 Å². The summed E-state index contributed by atoms with van der Waals surface area (Å²) in [6, 6.07) is 10.3. The lowest BCUT2D eigenvalue weighted by Gasteiger charge is -2.12. The lowest BCUT2D eigenvalue weighted by atomic mass is 10.1. The number of carbonyl (C=O) groups excluding carboxylic acids is 1. The largest absolute Gasteiger partial charge is 0.493 e. The van der Waals surface area contributed by atoms with Gasteiger partial charge in [-0.25, -0.2) is 0 Å². The molecule has 2 aromatic carbocycles. The molecule has 166 valence electrons. The van der Waals surface area contributed by atoms with Crippen LogP contribution in [0, 0.1) is 0 Å². The van der Waals surface area contributed by atoms with E-state index in [4.69, 9.17) is 15.0 Å². The zero-order valence-electron chi connectivity index (χ0n) is 17.0. The van der Waals surface area contributed by atoms with Gasteiger partial charge in [0, 0.05) is 11.5 Å². The monoisotopic (exact) mass is 436 g/mol. The van der Waals surface area contributed by atoms with Crippen LogP contribution in [0.3, 0.4) is 0 Å². The second-order valence-electron chi connectivity index (χ2n) is 6.62. The molecule has 0 aliphatic rings. The quantitative estimate of drug-likeness (QED) is 0.239. The average Bonchev–Trinajstić information content (AvgIpc) is 2.74. The third-order valence-corrected chi connectivity index (χ3v) is 4.32. The minimum Gasteiger partial charge on any atom is -0.493 e. The summed E-state index contributed by atoms with van der Waals surface area (Å²) in [5.74, 6) is 0.722. The van der Waals surface area contributed by atoms with Crippen LogP contribution in [-0.2, 0) is 23.8 Å². The summed E-state index contributed by atoms with van der Waals surface area (Å²) in [4.78, 5) is 14.8. The van der Waals surface area contributed by atoms with E-state index < -0.39 is 11.7 Å². The van der Waals surface area contributed by atoms with E-state index >= 15 is 0 Å². The molecule has 0 heterocycles. The van der Waals surface area contributed by atoms with Gasteiger partial charge in [-0.15, -0.1) is 0 Å². The Hall–Kier alpha value is -3.39. The molecule has 0 saturated heterocycles. The number of amides is 1. The van der Waals surface area contributed by atoms with Crippen molar-refractivity contribution in [1.29, 1.82) is 0 Å². The molecule has 0 atom stereocenters. The van der Waals surface area contributed by atoms with Crippen LogP contribution in [0.5, 0.6) is 11.5 Å². The van der Waals surface area contributed by atoms with Crippen LogP contribution in [0.25, 0.3) is 10.4 Å². The van der Waals surface area contributed by atoms with Gasteiger partial charge in [0.1, 0.15) is 0 Å². The second kappa shape index (κ2) is 11.7. The molecule has 0 radical (unpaired) electrons. The van der Waals surface area contributed by atoms with E-state index in [0.717, 1.165) is 17.7 Å². The first-order valence-electron chi connectivity index (χ1n) is 9.57. The summed E-state index contributed by atoms with van der Waals surface area (Å²) < 4.78 is 49.0. The van der Waals surface area contributed by atoms with Gasteiger partial charge in [-0.1, -0.05) is 29.4 Å². The van der Waals surface area contributed by atoms with Crippen molar-refractivity contribution in [2.75, 3.05) is 26.8 Å². The van der Waals surface area contributed by atoms with E-state index in [1.165, 1.54) is 13.2 Å². The summed E-state index contributed by atoms with van der Waals surface area (Å²) >= 11 is 0. The number of nitrogens with zero attached hydrogens (tertiary/aromatic N) is 3. The molecule has 0 saturated carbocycles. The Bertz CT molecular complexity index is 928. The van der Waals surface area contributed by atoms with Crippen molar-refractivity contribution in [2.24, 2.45) is 5.11 Å². The maximum atomic E-state index is 12.7.